The van der Waals surface area contributed by atoms with Gasteiger partial charge in [-0.3, -0.25) is 4.90 Å². The number of para-hydroxylation sites is 1. The molecule has 2 amide bonds. The predicted molar refractivity (Wildman–Crippen MR) is 142 cm³/mol. The molecule has 1 saturated heterocycles. The lowest BCUT2D eigenvalue weighted by Gasteiger charge is -2.36. The number of hydrogen-bond acceptors (Lipinski definition) is 9. The van der Waals surface area contributed by atoms with Crippen molar-refractivity contribution in [1.29, 1.82) is 0 Å². The maximum absolute atomic E-state index is 12.5. The Kier molecular flexibility index (Phi) is 9.47. The quantitative estimate of drug-likeness (QED) is 0.205. The second-order valence-corrected chi connectivity index (χ2v) is 9.18. The molecule has 12 nitrogen and oxygen atoms in total. The van der Waals surface area contributed by atoms with Crippen molar-refractivity contribution in [3.8, 4) is 0 Å². The minimum atomic E-state index is -0.760. The smallest absolute Gasteiger partial charge is 0.317 e. The Balaban J connectivity index is 1.29. The van der Waals surface area contributed by atoms with Gasteiger partial charge < -0.3 is 35.2 Å². The Morgan fingerprint density at radius 1 is 1.19 bits per heavy atom. The van der Waals surface area contributed by atoms with Gasteiger partial charge in [0.25, 0.3) is 0 Å². The SMILES string of the molecule is CCCCc1nc2c(N)nc3ccccc3c2n1CCOCCNC(=O)N1CCN(C(O)CON)CC1. The predicted octanol–water partition coefficient (Wildman–Crippen LogP) is 1.06. The number of carbonyl (C=O) groups excluding carboxylic acids is 1. The molecule has 1 fully saturated rings. The number of aliphatic hydroxyl groups is 1. The third kappa shape index (κ3) is 6.46. The monoisotopic (exact) mass is 514 g/mol. The summed E-state index contributed by atoms with van der Waals surface area (Å²) < 4.78 is 8.08. The summed E-state index contributed by atoms with van der Waals surface area (Å²) in [7, 11) is 0. The number of fused-ring (bicyclic) bond motifs is 3. The van der Waals surface area contributed by atoms with Crippen LogP contribution in [0, 0.1) is 0 Å². The molecule has 6 N–H and O–H groups in total. The molecule has 2 aromatic heterocycles. The van der Waals surface area contributed by atoms with Gasteiger partial charge in [-0.15, -0.1) is 0 Å². The van der Waals surface area contributed by atoms with Gasteiger partial charge in [0.1, 0.15) is 24.2 Å². The van der Waals surface area contributed by atoms with E-state index in [1.165, 1.54) is 0 Å². The molecule has 1 aromatic carbocycles. The fourth-order valence-corrected chi connectivity index (χ4v) is 4.69. The first-order chi connectivity index (χ1) is 18.0. The Morgan fingerprint density at radius 3 is 2.73 bits per heavy atom. The van der Waals surface area contributed by atoms with Gasteiger partial charge in [0.15, 0.2) is 5.82 Å². The van der Waals surface area contributed by atoms with Crippen LogP contribution in [-0.4, -0.2) is 94.2 Å². The maximum atomic E-state index is 12.5. The largest absolute Gasteiger partial charge is 0.382 e. The van der Waals surface area contributed by atoms with Gasteiger partial charge in [0.05, 0.1) is 24.2 Å². The molecule has 0 radical (unpaired) electrons. The number of aromatic nitrogens is 3. The number of carbonyl (C=O) groups is 1. The first-order valence-electron chi connectivity index (χ1n) is 12.9. The summed E-state index contributed by atoms with van der Waals surface area (Å²) in [6, 6.07) is 7.83. The van der Waals surface area contributed by atoms with Gasteiger partial charge in [0, 0.05) is 51.1 Å². The average molecular weight is 515 g/mol. The average Bonchev–Trinajstić information content (AvgIpc) is 3.28. The normalized spacial score (nSPS) is 15.5. The lowest BCUT2D eigenvalue weighted by Crippen LogP contribution is -2.55. The first kappa shape index (κ1) is 27.0. The Morgan fingerprint density at radius 2 is 1.97 bits per heavy atom. The number of amides is 2. The highest BCUT2D eigenvalue weighted by Crippen LogP contribution is 2.29. The molecule has 1 unspecified atom stereocenters. The van der Waals surface area contributed by atoms with Gasteiger partial charge in [-0.1, -0.05) is 31.5 Å². The van der Waals surface area contributed by atoms with E-state index in [0.29, 0.717) is 58.3 Å². The first-order valence-corrected chi connectivity index (χ1v) is 12.9. The number of nitrogens with zero attached hydrogens (tertiary/aromatic N) is 5. The molecule has 1 aliphatic rings. The molecule has 3 aromatic rings. The van der Waals surface area contributed by atoms with Crippen molar-refractivity contribution in [2.45, 2.75) is 39.0 Å². The molecule has 0 saturated carbocycles. The van der Waals surface area contributed by atoms with E-state index in [1.807, 2.05) is 23.1 Å². The lowest BCUT2D eigenvalue weighted by molar-refractivity contribution is -0.0713. The van der Waals surface area contributed by atoms with E-state index in [0.717, 1.165) is 47.0 Å². The van der Waals surface area contributed by atoms with Crippen molar-refractivity contribution in [2.24, 2.45) is 5.90 Å². The van der Waals surface area contributed by atoms with Crippen molar-refractivity contribution < 1.29 is 19.5 Å². The summed E-state index contributed by atoms with van der Waals surface area (Å²) in [5.74, 6) is 6.45. The van der Waals surface area contributed by atoms with E-state index in [-0.39, 0.29) is 12.6 Å². The third-order valence-corrected chi connectivity index (χ3v) is 6.69. The summed E-state index contributed by atoms with van der Waals surface area (Å²) in [4.78, 5) is 29.9. The number of unbranched alkanes of at least 4 members (excludes halogenated alkanes) is 1. The molecule has 37 heavy (non-hydrogen) atoms. The molecule has 3 heterocycles. The molecule has 12 heteroatoms. The lowest BCUT2D eigenvalue weighted by atomic mass is 10.2. The summed E-state index contributed by atoms with van der Waals surface area (Å²) in [6.07, 6.45) is 2.21. The van der Waals surface area contributed by atoms with E-state index in [4.69, 9.17) is 21.4 Å². The number of nitrogens with two attached hydrogens (primary N) is 2. The van der Waals surface area contributed by atoms with Crippen molar-refractivity contribution in [3.05, 3.63) is 30.1 Å². The maximum Gasteiger partial charge on any atom is 0.317 e. The van der Waals surface area contributed by atoms with Gasteiger partial charge in [-0.25, -0.2) is 20.7 Å². The summed E-state index contributed by atoms with van der Waals surface area (Å²) in [5.41, 5.74) is 8.84. The molecular weight excluding hydrogens is 476 g/mol. The van der Waals surface area contributed by atoms with Crippen molar-refractivity contribution >= 4 is 33.8 Å². The van der Waals surface area contributed by atoms with Crippen LogP contribution < -0.4 is 16.9 Å². The van der Waals surface area contributed by atoms with Crippen LogP contribution in [0.2, 0.25) is 0 Å². The number of imidazole rings is 1. The second kappa shape index (κ2) is 13.0. The van der Waals surface area contributed by atoms with Gasteiger partial charge in [-0.05, 0) is 12.5 Å². The van der Waals surface area contributed by atoms with Gasteiger partial charge >= 0.3 is 6.03 Å². The summed E-state index contributed by atoms with van der Waals surface area (Å²) in [5, 5.41) is 13.9. The number of ether oxygens (including phenoxy) is 1. The summed E-state index contributed by atoms with van der Waals surface area (Å²) in [6.45, 7) is 6.29. The zero-order chi connectivity index (χ0) is 26.2. The number of urea groups is 1. The molecule has 0 spiro atoms. The zero-order valence-electron chi connectivity index (χ0n) is 21.4. The molecular formula is C25H38N8O4. The minimum Gasteiger partial charge on any atom is -0.382 e. The highest BCUT2D eigenvalue weighted by molar-refractivity contribution is 6.06. The molecule has 0 bridgehead atoms. The van der Waals surface area contributed by atoms with E-state index in [9.17, 15) is 9.90 Å². The standard InChI is InChI=1S/C25H38N8O4/c1-2-3-8-20-30-22-23(18-6-4-5-7-19(18)29-24(22)26)33(20)14-16-36-15-9-28-25(35)32-12-10-31(11-13-32)21(34)17-37-27/h4-7,21,34H,2-3,8-17,27H2,1H3,(H2,26,29)(H,28,35). The third-order valence-electron chi connectivity index (χ3n) is 6.69. The number of rotatable bonds is 12. The van der Waals surface area contributed by atoms with E-state index >= 15 is 0 Å². The highest BCUT2D eigenvalue weighted by atomic mass is 16.6. The Labute approximate surface area is 216 Å². The number of anilines is 1. The van der Waals surface area contributed by atoms with E-state index in [1.54, 1.807) is 4.90 Å². The fourth-order valence-electron chi connectivity index (χ4n) is 4.69. The van der Waals surface area contributed by atoms with Gasteiger partial charge in [0.2, 0.25) is 0 Å². The van der Waals surface area contributed by atoms with Crippen LogP contribution in [0.25, 0.3) is 21.9 Å². The molecule has 202 valence electrons. The van der Waals surface area contributed by atoms with Crippen LogP contribution in [-0.2, 0) is 22.5 Å². The number of hydrogen-bond donors (Lipinski definition) is 4. The summed E-state index contributed by atoms with van der Waals surface area (Å²) >= 11 is 0. The van der Waals surface area contributed by atoms with Crippen LogP contribution >= 0.6 is 0 Å². The van der Waals surface area contributed by atoms with E-state index in [2.05, 4.69) is 32.7 Å². The molecule has 1 aliphatic heterocycles. The Bertz CT molecular complexity index is 1180. The number of aryl methyl sites for hydroxylation is 1. The fraction of sp³-hybridized carbons (Fsp3) is 0.560. The molecule has 1 atom stereocenters. The molecule has 0 aliphatic carbocycles. The van der Waals surface area contributed by atoms with Crippen molar-refractivity contribution in [1.82, 2.24) is 29.7 Å². The number of pyridine rings is 1. The van der Waals surface area contributed by atoms with Crippen molar-refractivity contribution in [2.75, 3.05) is 58.3 Å². The van der Waals surface area contributed by atoms with Crippen LogP contribution in [0.4, 0.5) is 10.6 Å². The second-order valence-electron chi connectivity index (χ2n) is 9.18. The van der Waals surface area contributed by atoms with Crippen molar-refractivity contribution in [3.63, 3.8) is 0 Å². The molecule has 4 rings (SSSR count). The van der Waals surface area contributed by atoms with Crippen LogP contribution in [0.5, 0.6) is 0 Å². The Hall–Kier alpha value is -3.03. The minimum absolute atomic E-state index is 0.0407. The van der Waals surface area contributed by atoms with E-state index < -0.39 is 6.23 Å². The number of piperazine rings is 1. The van der Waals surface area contributed by atoms with Crippen LogP contribution in [0.3, 0.4) is 0 Å². The van der Waals surface area contributed by atoms with Crippen LogP contribution in [0.1, 0.15) is 25.6 Å². The zero-order valence-corrected chi connectivity index (χ0v) is 21.4. The van der Waals surface area contributed by atoms with Crippen LogP contribution in [0.15, 0.2) is 24.3 Å². The number of nitrogen functional groups attached to an aromatic ring is 1. The number of aliphatic hydroxyl groups excluding tert-OH is 1. The highest BCUT2D eigenvalue weighted by Gasteiger charge is 2.25. The van der Waals surface area contributed by atoms with Gasteiger partial charge in [-0.2, -0.15) is 0 Å². The topological polar surface area (TPSA) is 157 Å². The number of nitrogens with one attached hydrogen (secondary N) is 1. The number of benzene rings is 1.